The van der Waals surface area contributed by atoms with Crippen molar-refractivity contribution in [1.29, 1.82) is 0 Å². The predicted molar refractivity (Wildman–Crippen MR) is 148 cm³/mol. The molecule has 0 bridgehead atoms. The second-order valence-corrected chi connectivity index (χ2v) is 11.0. The van der Waals surface area contributed by atoms with Crippen LogP contribution in [0, 0.1) is 11.8 Å². The van der Waals surface area contributed by atoms with Crippen LogP contribution in [0.15, 0.2) is 48.7 Å². The van der Waals surface area contributed by atoms with Crippen LogP contribution in [0.1, 0.15) is 44.2 Å². The minimum atomic E-state index is 0.0256. The smallest absolute Gasteiger partial charge is 0.252 e. The summed E-state index contributed by atoms with van der Waals surface area (Å²) in [6.45, 7) is 5.05. The van der Waals surface area contributed by atoms with E-state index in [2.05, 4.69) is 55.6 Å². The van der Waals surface area contributed by atoms with Gasteiger partial charge in [-0.2, -0.15) is 15.0 Å². The van der Waals surface area contributed by atoms with Crippen LogP contribution in [0.3, 0.4) is 0 Å². The molecule has 4 aromatic rings. The van der Waals surface area contributed by atoms with Crippen LogP contribution in [0.5, 0.6) is 11.8 Å². The lowest BCUT2D eigenvalue weighted by molar-refractivity contribution is 0.0927. The van der Waals surface area contributed by atoms with E-state index in [1.165, 1.54) is 31.2 Å². The van der Waals surface area contributed by atoms with Crippen molar-refractivity contribution in [3.05, 3.63) is 64.5 Å². The second kappa shape index (κ2) is 11.0. The van der Waals surface area contributed by atoms with Crippen LogP contribution in [-0.2, 0) is 11.3 Å². The van der Waals surface area contributed by atoms with E-state index in [0.29, 0.717) is 48.1 Å². The number of benzene rings is 1. The first-order valence-electron chi connectivity index (χ1n) is 13.2. The Morgan fingerprint density at radius 1 is 1.00 bits per heavy atom. The highest BCUT2D eigenvalue weighted by molar-refractivity contribution is 6.30. The van der Waals surface area contributed by atoms with Gasteiger partial charge >= 0.3 is 0 Å². The van der Waals surface area contributed by atoms with Crippen LogP contribution in [0.4, 0.5) is 5.95 Å². The standard InChI is InChI=1S/C28H30Cl2N6O2/c1-18-7-9-19(10-8-18)16-36-24-25(32-27(30)34-26(24)38-23-12-11-21(29)15-31-23)33-28(36)35-13-14-37-17-22(35)20-5-3-2-4-6-20/h2-6,11-12,15,18-19,22H,7-10,13-14,16-17H2,1H3/t18-,19-,22-/m0/s1. The molecule has 38 heavy (non-hydrogen) atoms. The van der Waals surface area contributed by atoms with E-state index in [-0.39, 0.29) is 11.3 Å². The van der Waals surface area contributed by atoms with Gasteiger partial charge < -0.3 is 18.9 Å². The van der Waals surface area contributed by atoms with Crippen LogP contribution >= 0.6 is 23.2 Å². The molecule has 3 aromatic heterocycles. The fraction of sp³-hybridized carbons (Fsp3) is 0.429. The Labute approximate surface area is 231 Å². The molecule has 198 valence electrons. The van der Waals surface area contributed by atoms with Crippen molar-refractivity contribution in [2.24, 2.45) is 11.8 Å². The van der Waals surface area contributed by atoms with Crippen LogP contribution in [-0.4, -0.2) is 44.3 Å². The maximum atomic E-state index is 6.37. The number of aromatic nitrogens is 5. The highest BCUT2D eigenvalue weighted by Crippen LogP contribution is 2.38. The van der Waals surface area contributed by atoms with Gasteiger partial charge in [-0.25, -0.2) is 4.98 Å². The average Bonchev–Trinajstić information content (AvgIpc) is 3.29. The molecule has 0 N–H and O–H groups in total. The summed E-state index contributed by atoms with van der Waals surface area (Å²) in [5, 5.41) is 0.604. The molecule has 6 rings (SSSR count). The van der Waals surface area contributed by atoms with Crippen molar-refractivity contribution in [3.8, 4) is 11.8 Å². The van der Waals surface area contributed by atoms with E-state index in [1.807, 2.05) is 6.07 Å². The maximum absolute atomic E-state index is 6.37. The summed E-state index contributed by atoms with van der Waals surface area (Å²) in [5.74, 6) is 2.84. The molecule has 1 atom stereocenters. The van der Waals surface area contributed by atoms with E-state index in [4.69, 9.17) is 37.7 Å². The summed E-state index contributed by atoms with van der Waals surface area (Å²) in [4.78, 5) is 20.7. The van der Waals surface area contributed by atoms with Crippen molar-refractivity contribution < 1.29 is 9.47 Å². The van der Waals surface area contributed by atoms with Gasteiger partial charge in [0.15, 0.2) is 11.2 Å². The van der Waals surface area contributed by atoms with Gasteiger partial charge in [0.05, 0.1) is 24.3 Å². The average molecular weight is 553 g/mol. The van der Waals surface area contributed by atoms with E-state index >= 15 is 0 Å². The first kappa shape index (κ1) is 25.3. The molecule has 2 fully saturated rings. The molecule has 10 heteroatoms. The number of imidazole rings is 1. The lowest BCUT2D eigenvalue weighted by atomic mass is 9.83. The molecule has 0 radical (unpaired) electrons. The number of halogens is 2. The minimum Gasteiger partial charge on any atom is -0.418 e. The molecule has 1 aliphatic heterocycles. The Balaban J connectivity index is 1.47. The summed E-state index contributed by atoms with van der Waals surface area (Å²) in [5.41, 5.74) is 2.41. The first-order chi connectivity index (χ1) is 18.5. The summed E-state index contributed by atoms with van der Waals surface area (Å²) >= 11 is 12.4. The Morgan fingerprint density at radius 3 is 2.58 bits per heavy atom. The topological polar surface area (TPSA) is 78.2 Å². The molecule has 1 aromatic carbocycles. The molecular formula is C28H30Cl2N6O2. The van der Waals surface area contributed by atoms with Gasteiger partial charge in [0.2, 0.25) is 17.1 Å². The van der Waals surface area contributed by atoms with E-state index in [9.17, 15) is 0 Å². The van der Waals surface area contributed by atoms with Gasteiger partial charge in [0, 0.05) is 25.4 Å². The quantitative estimate of drug-likeness (QED) is 0.245. The normalized spacial score (nSPS) is 22.1. The SMILES string of the molecule is C[C@H]1CC[C@H](Cn2c(N3CCOC[C@H]3c3ccccc3)nc3nc(Cl)nc(Oc4ccc(Cl)cn4)c32)CC1. The van der Waals surface area contributed by atoms with Crippen LogP contribution < -0.4 is 9.64 Å². The van der Waals surface area contributed by atoms with Crippen molar-refractivity contribution >= 4 is 40.3 Å². The molecular weight excluding hydrogens is 523 g/mol. The largest absolute Gasteiger partial charge is 0.418 e. The molecule has 0 spiro atoms. The van der Waals surface area contributed by atoms with Gasteiger partial charge in [-0.1, -0.05) is 61.7 Å². The van der Waals surface area contributed by atoms with Gasteiger partial charge in [0.1, 0.15) is 0 Å². The van der Waals surface area contributed by atoms with E-state index < -0.39 is 0 Å². The number of morpholine rings is 1. The fourth-order valence-electron chi connectivity index (χ4n) is 5.52. The highest BCUT2D eigenvalue weighted by atomic mass is 35.5. The van der Waals surface area contributed by atoms with Crippen molar-refractivity contribution in [1.82, 2.24) is 24.5 Å². The third-order valence-corrected chi connectivity index (χ3v) is 7.96. The third kappa shape index (κ3) is 5.30. The molecule has 4 heterocycles. The highest BCUT2D eigenvalue weighted by Gasteiger charge is 2.32. The van der Waals surface area contributed by atoms with E-state index in [1.54, 1.807) is 18.3 Å². The number of hydrogen-bond acceptors (Lipinski definition) is 7. The number of nitrogens with zero attached hydrogens (tertiary/aromatic N) is 6. The molecule has 1 aliphatic carbocycles. The number of pyridine rings is 1. The minimum absolute atomic E-state index is 0.0256. The Morgan fingerprint density at radius 2 is 1.82 bits per heavy atom. The molecule has 8 nitrogen and oxygen atoms in total. The van der Waals surface area contributed by atoms with Crippen molar-refractivity contribution in [2.75, 3.05) is 24.7 Å². The van der Waals surface area contributed by atoms with Gasteiger partial charge in [-0.15, -0.1) is 0 Å². The van der Waals surface area contributed by atoms with Crippen molar-refractivity contribution in [3.63, 3.8) is 0 Å². The molecule has 1 saturated heterocycles. The maximum Gasteiger partial charge on any atom is 0.252 e. The number of ether oxygens (including phenoxy) is 2. The number of hydrogen-bond donors (Lipinski definition) is 0. The Kier molecular flexibility index (Phi) is 7.37. The molecule has 2 aliphatic rings. The van der Waals surface area contributed by atoms with Crippen LogP contribution in [0.2, 0.25) is 10.3 Å². The number of fused-ring (bicyclic) bond motifs is 1. The summed E-state index contributed by atoms with van der Waals surface area (Å²) in [7, 11) is 0. The first-order valence-corrected chi connectivity index (χ1v) is 13.9. The molecule has 1 saturated carbocycles. The zero-order valence-corrected chi connectivity index (χ0v) is 22.8. The Bertz CT molecular complexity index is 1390. The van der Waals surface area contributed by atoms with Gasteiger partial charge in [-0.3, -0.25) is 0 Å². The van der Waals surface area contributed by atoms with E-state index in [0.717, 1.165) is 23.9 Å². The van der Waals surface area contributed by atoms with Crippen LogP contribution in [0.25, 0.3) is 11.2 Å². The summed E-state index contributed by atoms with van der Waals surface area (Å²) < 4.78 is 14.3. The molecule has 0 amide bonds. The second-order valence-electron chi connectivity index (χ2n) is 10.2. The summed E-state index contributed by atoms with van der Waals surface area (Å²) in [6.07, 6.45) is 6.36. The monoisotopic (exact) mass is 552 g/mol. The zero-order valence-electron chi connectivity index (χ0n) is 21.3. The lowest BCUT2D eigenvalue weighted by Gasteiger charge is -2.37. The lowest BCUT2D eigenvalue weighted by Crippen LogP contribution is -2.41. The zero-order chi connectivity index (χ0) is 26.1. The van der Waals surface area contributed by atoms with Crippen molar-refractivity contribution in [2.45, 2.75) is 45.2 Å². The number of rotatable bonds is 6. The third-order valence-electron chi connectivity index (χ3n) is 7.57. The van der Waals surface area contributed by atoms with Gasteiger partial charge in [0.25, 0.3) is 5.88 Å². The number of anilines is 1. The van der Waals surface area contributed by atoms with Gasteiger partial charge in [-0.05, 0) is 47.9 Å². The Hall–Kier alpha value is -2.94. The summed E-state index contributed by atoms with van der Waals surface area (Å²) in [6, 6.07) is 13.9. The fourth-order valence-corrected chi connectivity index (χ4v) is 5.78. The molecule has 0 unspecified atom stereocenters. The predicted octanol–water partition coefficient (Wildman–Crippen LogP) is 6.72.